The average molecular weight is 224 g/mol. The molecule has 2 atom stereocenters. The Bertz CT molecular complexity index is 193. The van der Waals surface area contributed by atoms with E-state index in [1.807, 2.05) is 0 Å². The van der Waals surface area contributed by atoms with E-state index in [2.05, 4.69) is 24.1 Å². The Hall–Kier alpha value is -0.0800. The first kappa shape index (κ1) is 12.4. The predicted molar refractivity (Wildman–Crippen MR) is 69.7 cm³/mol. The van der Waals surface area contributed by atoms with Gasteiger partial charge in [0.25, 0.3) is 0 Å². The lowest BCUT2D eigenvalue weighted by molar-refractivity contribution is 0.165. The summed E-state index contributed by atoms with van der Waals surface area (Å²) >= 11 is 0. The van der Waals surface area contributed by atoms with Crippen molar-refractivity contribution < 1.29 is 0 Å². The van der Waals surface area contributed by atoms with Crippen LogP contribution >= 0.6 is 0 Å². The molecule has 0 amide bonds. The number of nitrogens with zero attached hydrogens (tertiary/aromatic N) is 1. The highest BCUT2D eigenvalue weighted by Crippen LogP contribution is 2.21. The molecule has 0 aromatic rings. The molecule has 0 bridgehead atoms. The fourth-order valence-corrected chi connectivity index (χ4v) is 2.67. The summed E-state index contributed by atoms with van der Waals surface area (Å²) in [5, 5.41) is 3.67. The fraction of sp³-hybridized carbons (Fsp3) is 1.00. The largest absolute Gasteiger partial charge is 0.314 e. The van der Waals surface area contributed by atoms with Crippen LogP contribution < -0.4 is 5.32 Å². The maximum atomic E-state index is 3.67. The van der Waals surface area contributed by atoms with Crippen molar-refractivity contribution in [3.05, 3.63) is 0 Å². The van der Waals surface area contributed by atoms with Gasteiger partial charge in [-0.05, 0) is 58.2 Å². The Balaban J connectivity index is 1.71. The second kappa shape index (κ2) is 6.02. The number of nitrogens with one attached hydrogen (secondary N) is 1. The lowest BCUT2D eigenvalue weighted by Crippen LogP contribution is -2.42. The molecule has 2 heteroatoms. The van der Waals surface area contributed by atoms with Crippen molar-refractivity contribution in [3.63, 3.8) is 0 Å². The topological polar surface area (TPSA) is 15.3 Å². The van der Waals surface area contributed by atoms with Gasteiger partial charge in [-0.1, -0.05) is 19.8 Å². The summed E-state index contributed by atoms with van der Waals surface area (Å²) in [5.41, 5.74) is 0. The van der Waals surface area contributed by atoms with Gasteiger partial charge in [0.15, 0.2) is 0 Å². The monoisotopic (exact) mass is 224 g/mol. The Morgan fingerprint density at radius 1 is 1.06 bits per heavy atom. The van der Waals surface area contributed by atoms with Gasteiger partial charge in [0, 0.05) is 12.1 Å². The van der Waals surface area contributed by atoms with Crippen LogP contribution in [-0.4, -0.2) is 36.6 Å². The highest BCUT2D eigenvalue weighted by Gasteiger charge is 2.24. The van der Waals surface area contributed by atoms with Crippen molar-refractivity contribution in [2.75, 3.05) is 19.6 Å². The van der Waals surface area contributed by atoms with Gasteiger partial charge in [0.2, 0.25) is 0 Å². The van der Waals surface area contributed by atoms with Crippen molar-refractivity contribution >= 4 is 0 Å². The van der Waals surface area contributed by atoms with Crippen LogP contribution in [0.4, 0.5) is 0 Å². The summed E-state index contributed by atoms with van der Waals surface area (Å²) in [5.74, 6) is 0.790. The van der Waals surface area contributed by atoms with E-state index in [0.717, 1.165) is 18.0 Å². The zero-order chi connectivity index (χ0) is 11.4. The van der Waals surface area contributed by atoms with Crippen LogP contribution in [0.15, 0.2) is 0 Å². The van der Waals surface area contributed by atoms with E-state index in [9.17, 15) is 0 Å². The first-order valence-electron chi connectivity index (χ1n) is 7.25. The lowest BCUT2D eigenvalue weighted by Gasteiger charge is -2.32. The smallest absolute Gasteiger partial charge is 0.0105 e. The van der Waals surface area contributed by atoms with E-state index in [1.165, 1.54) is 58.2 Å². The highest BCUT2D eigenvalue weighted by atomic mass is 15.2. The molecule has 0 aromatic heterocycles. The molecule has 2 nitrogen and oxygen atoms in total. The van der Waals surface area contributed by atoms with E-state index in [4.69, 9.17) is 0 Å². The summed E-state index contributed by atoms with van der Waals surface area (Å²) in [4.78, 5) is 2.71. The van der Waals surface area contributed by atoms with Gasteiger partial charge in [-0.25, -0.2) is 0 Å². The zero-order valence-electron chi connectivity index (χ0n) is 11.0. The third kappa shape index (κ3) is 3.74. The molecular weight excluding hydrogens is 196 g/mol. The minimum Gasteiger partial charge on any atom is -0.314 e. The first-order chi connectivity index (χ1) is 7.77. The summed E-state index contributed by atoms with van der Waals surface area (Å²) < 4.78 is 0. The van der Waals surface area contributed by atoms with Crippen LogP contribution in [0.1, 0.15) is 52.4 Å². The van der Waals surface area contributed by atoms with Gasteiger partial charge in [0.1, 0.15) is 0 Å². The van der Waals surface area contributed by atoms with Crippen LogP contribution in [-0.2, 0) is 0 Å². The van der Waals surface area contributed by atoms with E-state index in [1.54, 1.807) is 0 Å². The zero-order valence-corrected chi connectivity index (χ0v) is 11.0. The number of hydrogen-bond donors (Lipinski definition) is 1. The molecule has 1 heterocycles. The second-order valence-corrected chi connectivity index (χ2v) is 5.85. The van der Waals surface area contributed by atoms with Crippen molar-refractivity contribution in [2.24, 2.45) is 5.92 Å². The maximum Gasteiger partial charge on any atom is 0.0105 e. The molecule has 1 saturated carbocycles. The third-order valence-corrected chi connectivity index (χ3v) is 4.35. The van der Waals surface area contributed by atoms with E-state index < -0.39 is 0 Å². The molecule has 0 radical (unpaired) electrons. The molecule has 2 rings (SSSR count). The minimum absolute atomic E-state index is 0.754. The van der Waals surface area contributed by atoms with Crippen molar-refractivity contribution in [1.82, 2.24) is 10.2 Å². The molecule has 2 aliphatic rings. The van der Waals surface area contributed by atoms with Gasteiger partial charge in [-0.2, -0.15) is 0 Å². The van der Waals surface area contributed by atoms with Crippen molar-refractivity contribution in [2.45, 2.75) is 64.5 Å². The molecule has 0 aromatic carbocycles. The van der Waals surface area contributed by atoms with E-state index in [0.29, 0.717) is 0 Å². The lowest BCUT2D eigenvalue weighted by atomic mass is 10.0. The van der Waals surface area contributed by atoms with Crippen LogP contribution in [0.5, 0.6) is 0 Å². The number of rotatable bonds is 5. The van der Waals surface area contributed by atoms with Crippen LogP contribution in [0, 0.1) is 5.92 Å². The first-order valence-corrected chi connectivity index (χ1v) is 7.25. The van der Waals surface area contributed by atoms with E-state index >= 15 is 0 Å². The molecule has 2 unspecified atom stereocenters. The van der Waals surface area contributed by atoms with Gasteiger partial charge < -0.3 is 10.2 Å². The number of likely N-dealkylation sites (tertiary alicyclic amines) is 1. The standard InChI is InChI=1S/C14H28N2/c1-12(11-15-14-7-8-14)13(2)16-9-5-3-4-6-10-16/h12-15H,3-11H2,1-2H3. The summed E-state index contributed by atoms with van der Waals surface area (Å²) in [6.45, 7) is 8.70. The SMILES string of the molecule is CC(CNC1CC1)C(C)N1CCCCCC1. The minimum atomic E-state index is 0.754. The normalized spacial score (nSPS) is 27.4. The van der Waals surface area contributed by atoms with Gasteiger partial charge in [-0.3, -0.25) is 0 Å². The Labute approximate surface area is 101 Å². The Morgan fingerprint density at radius 2 is 1.69 bits per heavy atom. The molecule has 2 fully saturated rings. The average Bonchev–Trinajstić information content (AvgIpc) is 3.11. The van der Waals surface area contributed by atoms with Crippen LogP contribution in [0.25, 0.3) is 0 Å². The number of hydrogen-bond acceptors (Lipinski definition) is 2. The quantitative estimate of drug-likeness (QED) is 0.772. The molecule has 94 valence electrons. The predicted octanol–water partition coefficient (Wildman–Crippen LogP) is 2.64. The highest BCUT2D eigenvalue weighted by molar-refractivity contribution is 4.83. The van der Waals surface area contributed by atoms with E-state index in [-0.39, 0.29) is 0 Å². The summed E-state index contributed by atoms with van der Waals surface area (Å²) in [6.07, 6.45) is 8.52. The van der Waals surface area contributed by atoms with Crippen molar-refractivity contribution in [1.29, 1.82) is 0 Å². The molecule has 0 spiro atoms. The Morgan fingerprint density at radius 3 is 2.25 bits per heavy atom. The third-order valence-electron chi connectivity index (χ3n) is 4.35. The molecule has 1 aliphatic heterocycles. The maximum absolute atomic E-state index is 3.67. The summed E-state index contributed by atoms with van der Waals surface area (Å²) in [6, 6.07) is 1.61. The van der Waals surface area contributed by atoms with Crippen LogP contribution in [0.2, 0.25) is 0 Å². The van der Waals surface area contributed by atoms with Gasteiger partial charge >= 0.3 is 0 Å². The van der Waals surface area contributed by atoms with Gasteiger partial charge in [0.05, 0.1) is 0 Å². The Kier molecular flexibility index (Phi) is 4.66. The molecule has 1 saturated heterocycles. The molecule has 1 aliphatic carbocycles. The fourth-order valence-electron chi connectivity index (χ4n) is 2.67. The summed E-state index contributed by atoms with van der Waals surface area (Å²) in [7, 11) is 0. The molecular formula is C14H28N2. The van der Waals surface area contributed by atoms with Crippen molar-refractivity contribution in [3.8, 4) is 0 Å². The molecule has 1 N–H and O–H groups in total. The second-order valence-electron chi connectivity index (χ2n) is 5.85. The van der Waals surface area contributed by atoms with Gasteiger partial charge in [-0.15, -0.1) is 0 Å². The van der Waals surface area contributed by atoms with Crippen LogP contribution in [0.3, 0.4) is 0 Å². The molecule has 16 heavy (non-hydrogen) atoms.